The van der Waals surface area contributed by atoms with Crippen LogP contribution in [-0.2, 0) is 0 Å². The zero-order valence-corrected chi connectivity index (χ0v) is 11.8. The number of ether oxygens (including phenoxy) is 1. The van der Waals surface area contributed by atoms with Crippen LogP contribution in [0.3, 0.4) is 0 Å². The summed E-state index contributed by atoms with van der Waals surface area (Å²) < 4.78 is 5.82. The number of hydrogen-bond acceptors (Lipinski definition) is 3. The highest BCUT2D eigenvalue weighted by molar-refractivity contribution is 6.30. The fraction of sp³-hybridized carbons (Fsp3) is 0.267. The normalized spacial score (nSPS) is 12.2. The van der Waals surface area contributed by atoms with Crippen molar-refractivity contribution in [2.24, 2.45) is 0 Å². The third-order valence-corrected chi connectivity index (χ3v) is 3.02. The van der Waals surface area contributed by atoms with Gasteiger partial charge < -0.3 is 10.1 Å². The molecule has 1 aromatic carbocycles. The summed E-state index contributed by atoms with van der Waals surface area (Å²) in [6.07, 6.45) is 1.72. The predicted octanol–water partition coefficient (Wildman–Crippen LogP) is 4.20. The van der Waals surface area contributed by atoms with Gasteiger partial charge in [0.05, 0.1) is 0 Å². The van der Waals surface area contributed by atoms with Crippen molar-refractivity contribution in [3.63, 3.8) is 0 Å². The molecule has 0 amide bonds. The van der Waals surface area contributed by atoms with Crippen molar-refractivity contribution in [2.75, 3.05) is 6.54 Å². The topological polar surface area (TPSA) is 34.2 Å². The zero-order chi connectivity index (χ0) is 13.7. The van der Waals surface area contributed by atoms with E-state index < -0.39 is 0 Å². The van der Waals surface area contributed by atoms with Crippen molar-refractivity contribution in [1.82, 2.24) is 10.3 Å². The number of aromatic nitrogens is 1. The van der Waals surface area contributed by atoms with Crippen LogP contribution in [0.5, 0.6) is 11.6 Å². The fourth-order valence-electron chi connectivity index (χ4n) is 1.88. The minimum atomic E-state index is 0.188. The molecule has 100 valence electrons. The van der Waals surface area contributed by atoms with Crippen molar-refractivity contribution >= 4 is 11.6 Å². The van der Waals surface area contributed by atoms with E-state index in [4.69, 9.17) is 16.3 Å². The van der Waals surface area contributed by atoms with Crippen LogP contribution in [0.1, 0.15) is 25.5 Å². The molecule has 0 bridgehead atoms. The molecule has 1 N–H and O–H groups in total. The van der Waals surface area contributed by atoms with E-state index in [0.717, 1.165) is 12.1 Å². The van der Waals surface area contributed by atoms with Gasteiger partial charge >= 0.3 is 0 Å². The van der Waals surface area contributed by atoms with Crippen LogP contribution >= 0.6 is 11.6 Å². The van der Waals surface area contributed by atoms with E-state index >= 15 is 0 Å². The Morgan fingerprint density at radius 1 is 1.32 bits per heavy atom. The molecule has 0 spiro atoms. The maximum absolute atomic E-state index is 5.95. The van der Waals surface area contributed by atoms with Crippen LogP contribution in [0.4, 0.5) is 0 Å². The number of pyridine rings is 1. The smallest absolute Gasteiger partial charge is 0.223 e. The maximum atomic E-state index is 5.95. The monoisotopic (exact) mass is 276 g/mol. The molecule has 1 unspecified atom stereocenters. The van der Waals surface area contributed by atoms with Crippen LogP contribution in [0.25, 0.3) is 0 Å². The van der Waals surface area contributed by atoms with E-state index in [9.17, 15) is 0 Å². The second kappa shape index (κ2) is 6.55. The summed E-state index contributed by atoms with van der Waals surface area (Å²) in [5, 5.41) is 4.00. The number of nitrogens with one attached hydrogen (secondary N) is 1. The lowest BCUT2D eigenvalue weighted by Gasteiger charge is -2.16. The first-order valence-electron chi connectivity index (χ1n) is 6.32. The summed E-state index contributed by atoms with van der Waals surface area (Å²) in [7, 11) is 0. The largest absolute Gasteiger partial charge is 0.439 e. The Balaban J connectivity index is 2.25. The van der Waals surface area contributed by atoms with Gasteiger partial charge in [-0.25, -0.2) is 4.98 Å². The number of nitrogens with zero attached hydrogens (tertiary/aromatic N) is 1. The van der Waals surface area contributed by atoms with E-state index in [-0.39, 0.29) is 6.04 Å². The van der Waals surface area contributed by atoms with Crippen LogP contribution in [0.2, 0.25) is 5.02 Å². The lowest BCUT2D eigenvalue weighted by Crippen LogP contribution is -2.18. The SMILES string of the molecule is CCNC(C)c1cccnc1Oc1cccc(Cl)c1. The third-order valence-electron chi connectivity index (χ3n) is 2.79. The molecule has 2 rings (SSSR count). The average Bonchev–Trinajstić information content (AvgIpc) is 2.39. The van der Waals surface area contributed by atoms with Crippen molar-refractivity contribution in [3.05, 3.63) is 53.2 Å². The predicted molar refractivity (Wildman–Crippen MR) is 77.9 cm³/mol. The Morgan fingerprint density at radius 3 is 2.89 bits per heavy atom. The van der Waals surface area contributed by atoms with Gasteiger partial charge in [-0.05, 0) is 37.7 Å². The molecular formula is C15H17ClN2O. The molecule has 4 heteroatoms. The molecule has 0 saturated heterocycles. The van der Waals surface area contributed by atoms with E-state index in [1.165, 1.54) is 0 Å². The Labute approximate surface area is 118 Å². The first-order chi connectivity index (χ1) is 9.20. The van der Waals surface area contributed by atoms with Gasteiger partial charge in [0.15, 0.2) is 0 Å². The van der Waals surface area contributed by atoms with Gasteiger partial charge in [0, 0.05) is 22.8 Å². The Hall–Kier alpha value is -1.58. The second-order valence-corrected chi connectivity index (χ2v) is 4.67. The molecule has 2 aromatic rings. The molecule has 0 aliphatic heterocycles. The van der Waals surface area contributed by atoms with E-state index in [1.807, 2.05) is 30.3 Å². The highest BCUT2D eigenvalue weighted by atomic mass is 35.5. The Morgan fingerprint density at radius 2 is 2.16 bits per heavy atom. The molecule has 0 saturated carbocycles. The molecule has 3 nitrogen and oxygen atoms in total. The second-order valence-electron chi connectivity index (χ2n) is 4.24. The third kappa shape index (κ3) is 3.69. The highest BCUT2D eigenvalue weighted by Gasteiger charge is 2.12. The first kappa shape index (κ1) is 13.8. The van der Waals surface area contributed by atoms with Gasteiger partial charge in [-0.1, -0.05) is 30.7 Å². The van der Waals surface area contributed by atoms with Crippen molar-refractivity contribution in [3.8, 4) is 11.6 Å². The van der Waals surface area contributed by atoms with Gasteiger partial charge in [0.1, 0.15) is 5.75 Å². The quantitative estimate of drug-likeness (QED) is 0.889. The number of benzene rings is 1. The average molecular weight is 277 g/mol. The van der Waals surface area contributed by atoms with Gasteiger partial charge in [-0.15, -0.1) is 0 Å². The van der Waals surface area contributed by atoms with Crippen LogP contribution in [-0.4, -0.2) is 11.5 Å². The Bertz CT molecular complexity index is 545. The van der Waals surface area contributed by atoms with E-state index in [1.54, 1.807) is 12.3 Å². The summed E-state index contributed by atoms with van der Waals surface area (Å²) in [5.41, 5.74) is 1.03. The molecule has 1 heterocycles. The Kier molecular flexibility index (Phi) is 4.77. The summed E-state index contributed by atoms with van der Waals surface area (Å²) in [5.74, 6) is 1.30. The van der Waals surface area contributed by atoms with E-state index in [0.29, 0.717) is 16.7 Å². The number of halogens is 1. The minimum absolute atomic E-state index is 0.188. The summed E-state index contributed by atoms with van der Waals surface area (Å²) in [4.78, 5) is 4.30. The lowest BCUT2D eigenvalue weighted by molar-refractivity contribution is 0.444. The lowest BCUT2D eigenvalue weighted by atomic mass is 10.1. The number of hydrogen-bond donors (Lipinski definition) is 1. The molecule has 19 heavy (non-hydrogen) atoms. The zero-order valence-electron chi connectivity index (χ0n) is 11.1. The molecule has 0 aliphatic rings. The van der Waals surface area contributed by atoms with Crippen LogP contribution < -0.4 is 10.1 Å². The molecular weight excluding hydrogens is 260 g/mol. The summed E-state index contributed by atoms with van der Waals surface area (Å²) in [6, 6.07) is 11.4. The maximum Gasteiger partial charge on any atom is 0.223 e. The minimum Gasteiger partial charge on any atom is -0.439 e. The number of rotatable bonds is 5. The van der Waals surface area contributed by atoms with Gasteiger partial charge in [0.2, 0.25) is 5.88 Å². The van der Waals surface area contributed by atoms with Gasteiger partial charge in [0.25, 0.3) is 0 Å². The summed E-state index contributed by atoms with van der Waals surface area (Å²) in [6.45, 7) is 5.06. The highest BCUT2D eigenvalue weighted by Crippen LogP contribution is 2.28. The first-order valence-corrected chi connectivity index (χ1v) is 6.70. The van der Waals surface area contributed by atoms with Crippen LogP contribution in [0.15, 0.2) is 42.6 Å². The molecule has 0 radical (unpaired) electrons. The van der Waals surface area contributed by atoms with E-state index in [2.05, 4.69) is 24.1 Å². The summed E-state index contributed by atoms with van der Waals surface area (Å²) >= 11 is 5.95. The standard InChI is InChI=1S/C15H17ClN2O/c1-3-17-11(2)14-8-5-9-18-15(14)19-13-7-4-6-12(16)10-13/h4-11,17H,3H2,1-2H3. The van der Waals surface area contributed by atoms with Gasteiger partial charge in [-0.2, -0.15) is 0 Å². The van der Waals surface area contributed by atoms with Crippen molar-refractivity contribution in [1.29, 1.82) is 0 Å². The fourth-order valence-corrected chi connectivity index (χ4v) is 2.06. The van der Waals surface area contributed by atoms with Crippen molar-refractivity contribution < 1.29 is 4.74 Å². The molecule has 1 aromatic heterocycles. The molecule has 1 atom stereocenters. The van der Waals surface area contributed by atoms with Gasteiger partial charge in [-0.3, -0.25) is 0 Å². The molecule has 0 fully saturated rings. The van der Waals surface area contributed by atoms with Crippen molar-refractivity contribution in [2.45, 2.75) is 19.9 Å². The molecule has 0 aliphatic carbocycles. The van der Waals surface area contributed by atoms with Crippen LogP contribution in [0, 0.1) is 0 Å².